The zero-order valence-electron chi connectivity index (χ0n) is 9.18. The fraction of sp³-hybridized carbons (Fsp3) is 0.636. The molecule has 0 amide bonds. The highest BCUT2D eigenvalue weighted by molar-refractivity contribution is 6.83. The number of hydrogen-bond acceptors (Lipinski definition) is 2. The molecule has 1 rings (SSSR count). The molecule has 76 valence electrons. The lowest BCUT2D eigenvalue weighted by Crippen LogP contribution is -2.32. The lowest BCUT2D eigenvalue weighted by molar-refractivity contribution is 0.0638. The molecule has 0 radical (unpaired) electrons. The Kier molecular flexibility index (Phi) is 4.07. The minimum Gasteiger partial charge on any atom is -0.378 e. The van der Waals surface area contributed by atoms with Crippen LogP contribution >= 0.6 is 0 Å². The zero-order valence-corrected chi connectivity index (χ0v) is 10.2. The molecule has 1 aliphatic heterocycles. The highest BCUT2D eigenvalue weighted by atomic mass is 28.3. The first kappa shape index (κ1) is 11.2. The molecule has 0 N–H and O–H groups in total. The van der Waals surface area contributed by atoms with Gasteiger partial charge >= 0.3 is 0 Å². The fourth-order valence-corrected chi connectivity index (χ4v) is 1.44. The molecule has 14 heavy (non-hydrogen) atoms. The molecule has 0 aromatic heterocycles. The first-order chi connectivity index (χ1) is 6.58. The second-order valence-electron chi connectivity index (χ2n) is 4.34. The maximum absolute atomic E-state index is 5.22. The van der Waals surface area contributed by atoms with Gasteiger partial charge in [0.15, 0.2) is 0 Å². The van der Waals surface area contributed by atoms with Crippen LogP contribution in [0.25, 0.3) is 0 Å². The molecule has 1 heterocycles. The van der Waals surface area contributed by atoms with Crippen LogP contribution in [0.5, 0.6) is 0 Å². The molecule has 3 heteroatoms. The number of hydrogen-bond donors (Lipinski definition) is 0. The van der Waals surface area contributed by atoms with Gasteiger partial charge < -0.3 is 9.64 Å². The van der Waals surface area contributed by atoms with E-state index in [1.54, 1.807) is 0 Å². The van der Waals surface area contributed by atoms with Crippen molar-refractivity contribution in [3.05, 3.63) is 0 Å². The van der Waals surface area contributed by atoms with Gasteiger partial charge in [0.2, 0.25) is 0 Å². The number of morpholine rings is 1. The molecule has 0 spiro atoms. The SMILES string of the molecule is C[Si](C)(C)C#CC#CN1CCOCC1. The van der Waals surface area contributed by atoms with Crippen molar-refractivity contribution in [1.29, 1.82) is 0 Å². The zero-order chi connectivity index (χ0) is 10.4. The maximum atomic E-state index is 5.22. The molecular weight excluding hydrogens is 190 g/mol. The normalized spacial score (nSPS) is 16.4. The Balaban J connectivity index is 2.41. The van der Waals surface area contributed by atoms with Crippen molar-refractivity contribution >= 4 is 8.07 Å². The summed E-state index contributed by atoms with van der Waals surface area (Å²) < 4.78 is 5.22. The van der Waals surface area contributed by atoms with E-state index in [0.717, 1.165) is 26.3 Å². The average molecular weight is 207 g/mol. The molecular formula is C11H17NOSi. The van der Waals surface area contributed by atoms with Crippen molar-refractivity contribution in [2.24, 2.45) is 0 Å². The van der Waals surface area contributed by atoms with Crippen molar-refractivity contribution in [2.75, 3.05) is 26.3 Å². The largest absolute Gasteiger partial charge is 0.378 e. The van der Waals surface area contributed by atoms with Crippen LogP contribution in [0.15, 0.2) is 0 Å². The lowest BCUT2D eigenvalue weighted by atomic mass is 10.4. The third-order valence-corrected chi connectivity index (χ3v) is 2.60. The van der Waals surface area contributed by atoms with Crippen molar-refractivity contribution in [1.82, 2.24) is 4.90 Å². The maximum Gasteiger partial charge on any atom is 0.130 e. The van der Waals surface area contributed by atoms with Crippen LogP contribution in [0.2, 0.25) is 19.6 Å². The molecule has 2 nitrogen and oxygen atoms in total. The summed E-state index contributed by atoms with van der Waals surface area (Å²) >= 11 is 0. The smallest absolute Gasteiger partial charge is 0.130 e. The second-order valence-corrected chi connectivity index (χ2v) is 9.09. The van der Waals surface area contributed by atoms with E-state index in [4.69, 9.17) is 4.74 Å². The van der Waals surface area contributed by atoms with E-state index in [1.165, 1.54) is 0 Å². The summed E-state index contributed by atoms with van der Waals surface area (Å²) in [6.45, 7) is 10.0. The quantitative estimate of drug-likeness (QED) is 0.436. The van der Waals surface area contributed by atoms with Crippen LogP contribution in [0.3, 0.4) is 0 Å². The second kappa shape index (κ2) is 5.10. The van der Waals surface area contributed by atoms with E-state index in [9.17, 15) is 0 Å². The first-order valence-electron chi connectivity index (χ1n) is 4.93. The van der Waals surface area contributed by atoms with Gasteiger partial charge in [0.1, 0.15) is 8.07 Å². The van der Waals surface area contributed by atoms with E-state index in [2.05, 4.69) is 48.0 Å². The molecule has 0 aliphatic carbocycles. The number of nitrogens with zero attached hydrogens (tertiary/aromatic N) is 1. The van der Waals surface area contributed by atoms with E-state index in [0.29, 0.717) is 0 Å². The summed E-state index contributed by atoms with van der Waals surface area (Å²) in [6, 6.07) is 3.05. The summed E-state index contributed by atoms with van der Waals surface area (Å²) in [5, 5.41) is 0. The van der Waals surface area contributed by atoms with Gasteiger partial charge in [-0.25, -0.2) is 0 Å². The van der Waals surface area contributed by atoms with Crippen molar-refractivity contribution in [3.63, 3.8) is 0 Å². The molecule has 1 fully saturated rings. The Bertz CT molecular complexity index is 291. The highest BCUT2D eigenvalue weighted by Crippen LogP contribution is 1.96. The molecule has 0 atom stereocenters. The van der Waals surface area contributed by atoms with Crippen molar-refractivity contribution < 1.29 is 4.74 Å². The van der Waals surface area contributed by atoms with Crippen LogP contribution in [0.1, 0.15) is 0 Å². The van der Waals surface area contributed by atoms with E-state index >= 15 is 0 Å². The summed E-state index contributed by atoms with van der Waals surface area (Å²) in [5.41, 5.74) is 3.22. The molecule has 0 aromatic carbocycles. The van der Waals surface area contributed by atoms with Gasteiger partial charge in [-0.05, 0) is 5.92 Å². The Labute approximate surface area is 87.6 Å². The molecule has 0 bridgehead atoms. The van der Waals surface area contributed by atoms with Crippen molar-refractivity contribution in [2.45, 2.75) is 19.6 Å². The van der Waals surface area contributed by atoms with Crippen molar-refractivity contribution in [3.8, 4) is 23.4 Å². The van der Waals surface area contributed by atoms with Gasteiger partial charge in [-0.2, -0.15) is 0 Å². The minimum atomic E-state index is -1.25. The summed E-state index contributed by atoms with van der Waals surface area (Å²) in [5.74, 6) is 5.85. The van der Waals surface area contributed by atoms with Crippen LogP contribution in [0, 0.1) is 23.4 Å². The molecule has 1 saturated heterocycles. The monoisotopic (exact) mass is 207 g/mol. The topological polar surface area (TPSA) is 12.5 Å². The predicted molar refractivity (Wildman–Crippen MR) is 61.3 cm³/mol. The van der Waals surface area contributed by atoms with E-state index < -0.39 is 8.07 Å². The molecule has 0 aromatic rings. The Hall–Kier alpha value is -0.903. The van der Waals surface area contributed by atoms with E-state index in [-0.39, 0.29) is 0 Å². The fourth-order valence-electron chi connectivity index (χ4n) is 1.00. The van der Waals surface area contributed by atoms with Gasteiger partial charge in [-0.15, -0.1) is 5.54 Å². The number of ether oxygens (including phenoxy) is 1. The third kappa shape index (κ3) is 4.96. The lowest BCUT2D eigenvalue weighted by Gasteiger charge is -2.22. The highest BCUT2D eigenvalue weighted by Gasteiger charge is 2.07. The van der Waals surface area contributed by atoms with Gasteiger partial charge in [-0.3, -0.25) is 0 Å². The number of rotatable bonds is 0. The predicted octanol–water partition coefficient (Wildman–Crippen LogP) is 1.16. The van der Waals surface area contributed by atoms with Gasteiger partial charge in [0.25, 0.3) is 0 Å². The van der Waals surface area contributed by atoms with Crippen LogP contribution in [-0.2, 0) is 4.74 Å². The first-order valence-corrected chi connectivity index (χ1v) is 8.43. The average Bonchev–Trinajstić information content (AvgIpc) is 2.13. The standard InChI is InChI=1S/C11H17NOSi/c1-14(2,3)11-5-4-6-12-7-9-13-10-8-12/h7-10H2,1-3H3. The van der Waals surface area contributed by atoms with Gasteiger partial charge in [-0.1, -0.05) is 19.6 Å². The Morgan fingerprint density at radius 1 is 1.07 bits per heavy atom. The van der Waals surface area contributed by atoms with Crippen LogP contribution in [0.4, 0.5) is 0 Å². The summed E-state index contributed by atoms with van der Waals surface area (Å²) in [6.07, 6.45) is 0. The minimum absolute atomic E-state index is 0.788. The Morgan fingerprint density at radius 2 is 1.71 bits per heavy atom. The molecule has 0 unspecified atom stereocenters. The van der Waals surface area contributed by atoms with Gasteiger partial charge in [0, 0.05) is 25.1 Å². The van der Waals surface area contributed by atoms with E-state index in [1.807, 2.05) is 0 Å². The summed E-state index contributed by atoms with van der Waals surface area (Å²) in [7, 11) is -1.25. The molecule has 1 aliphatic rings. The van der Waals surface area contributed by atoms with Crippen LogP contribution in [-0.4, -0.2) is 39.3 Å². The molecule has 0 saturated carbocycles. The van der Waals surface area contributed by atoms with Gasteiger partial charge in [0.05, 0.1) is 13.2 Å². The Morgan fingerprint density at radius 3 is 2.29 bits per heavy atom. The van der Waals surface area contributed by atoms with Crippen LogP contribution < -0.4 is 0 Å². The third-order valence-electron chi connectivity index (χ3n) is 1.73. The summed E-state index contributed by atoms with van der Waals surface area (Å²) in [4.78, 5) is 2.07.